The highest BCUT2D eigenvalue weighted by atomic mass is 32.2. The summed E-state index contributed by atoms with van der Waals surface area (Å²) in [6.07, 6.45) is -10.7. The van der Waals surface area contributed by atoms with E-state index in [1.807, 2.05) is 0 Å². The predicted octanol–water partition coefficient (Wildman–Crippen LogP) is 6.70. The monoisotopic (exact) mass is 872 g/mol. The minimum absolute atomic E-state index is 0.0233. The van der Waals surface area contributed by atoms with Crippen molar-refractivity contribution in [3.05, 3.63) is 23.5 Å². The number of carbonyl (C=O) groups excluding carboxylic acids is 2. The van der Waals surface area contributed by atoms with Gasteiger partial charge in [-0.05, 0) is 74.1 Å². The van der Waals surface area contributed by atoms with Gasteiger partial charge in [0.1, 0.15) is 11.2 Å². The van der Waals surface area contributed by atoms with Crippen LogP contribution in [0.25, 0.3) is 0 Å². The van der Waals surface area contributed by atoms with E-state index in [0.29, 0.717) is 21.5 Å². The summed E-state index contributed by atoms with van der Waals surface area (Å²) in [6.45, 7) is 11.4. The van der Waals surface area contributed by atoms with Crippen LogP contribution in [0.3, 0.4) is 0 Å². The Balaban J connectivity index is 0.000000306. The fraction of sp³-hybridized carbons (Fsp3) is 0.758. The number of hydrogen-bond acceptors (Lipinski definition) is 10. The molecule has 4 heterocycles. The number of amides is 2. The van der Waals surface area contributed by atoms with E-state index in [4.69, 9.17) is 9.47 Å². The minimum Gasteiger partial charge on any atom is -0.444 e. The molecule has 24 heteroatoms. The van der Waals surface area contributed by atoms with Crippen LogP contribution in [-0.4, -0.2) is 106 Å². The second kappa shape index (κ2) is 16.5. The number of hydrogen-bond donors (Lipinski definition) is 0. The first kappa shape index (κ1) is 47.7. The molecule has 0 bridgehead atoms. The molecular weight excluding hydrogens is 825 g/mol. The summed E-state index contributed by atoms with van der Waals surface area (Å²) in [5.74, 6) is -1.96. The molecule has 2 aromatic rings. The van der Waals surface area contributed by atoms with Crippen LogP contribution in [0.15, 0.2) is 22.2 Å². The molecule has 2 saturated heterocycles. The van der Waals surface area contributed by atoms with Crippen LogP contribution in [0.1, 0.15) is 85.5 Å². The fourth-order valence-electron chi connectivity index (χ4n) is 6.06. The molecule has 2 aliphatic rings. The molecule has 2 atom stereocenters. The average molecular weight is 873 g/mol. The first-order chi connectivity index (χ1) is 25.6. The third-order valence-corrected chi connectivity index (χ3v) is 13.3. The van der Waals surface area contributed by atoms with Crippen LogP contribution in [-0.2, 0) is 55.6 Å². The van der Waals surface area contributed by atoms with E-state index in [1.165, 1.54) is 9.80 Å². The molecular formula is C33H48F8N6O8S2. The van der Waals surface area contributed by atoms with Crippen LogP contribution < -0.4 is 0 Å². The Hall–Kier alpha value is -3.70. The van der Waals surface area contributed by atoms with E-state index in [1.54, 1.807) is 41.5 Å². The Kier molecular flexibility index (Phi) is 13.8. The number of halogens is 8. The summed E-state index contributed by atoms with van der Waals surface area (Å²) in [6, 6.07) is 0.667. The molecule has 14 nitrogen and oxygen atoms in total. The molecule has 2 aliphatic heterocycles. The van der Waals surface area contributed by atoms with E-state index in [-0.39, 0.29) is 51.9 Å². The summed E-state index contributed by atoms with van der Waals surface area (Å²) in [5.41, 5.74) is -6.61. The van der Waals surface area contributed by atoms with Gasteiger partial charge in [0.2, 0.25) is 30.2 Å². The number of likely N-dealkylation sites (tertiary alicyclic amines) is 2. The maximum Gasteiger partial charge on any atom is 0.435 e. The van der Waals surface area contributed by atoms with Gasteiger partial charge in [0.25, 0.3) is 0 Å². The van der Waals surface area contributed by atoms with Gasteiger partial charge in [-0.2, -0.15) is 36.5 Å². The maximum absolute atomic E-state index is 15.5. The Morgan fingerprint density at radius 3 is 1.37 bits per heavy atom. The van der Waals surface area contributed by atoms with Crippen molar-refractivity contribution in [2.75, 3.05) is 26.2 Å². The van der Waals surface area contributed by atoms with Crippen LogP contribution in [0.5, 0.6) is 0 Å². The number of ether oxygens (including phenoxy) is 2. The highest BCUT2D eigenvalue weighted by molar-refractivity contribution is 7.92. The van der Waals surface area contributed by atoms with Gasteiger partial charge in [-0.15, -0.1) is 0 Å². The molecule has 0 aliphatic carbocycles. The smallest absolute Gasteiger partial charge is 0.435 e. The molecule has 0 radical (unpaired) electrons. The normalized spacial score (nSPS) is 18.7. The van der Waals surface area contributed by atoms with E-state index >= 15 is 4.39 Å². The molecule has 326 valence electrons. The highest BCUT2D eigenvalue weighted by Gasteiger charge is 2.51. The Labute approximate surface area is 325 Å². The summed E-state index contributed by atoms with van der Waals surface area (Å²) >= 11 is 0. The van der Waals surface area contributed by atoms with Crippen molar-refractivity contribution >= 4 is 31.9 Å². The van der Waals surface area contributed by atoms with Crippen LogP contribution in [0.2, 0.25) is 0 Å². The number of sulfone groups is 2. The number of rotatable bonds is 6. The lowest BCUT2D eigenvalue weighted by Gasteiger charge is -2.37. The number of aryl methyl sites for hydroxylation is 2. The first-order valence-corrected chi connectivity index (χ1v) is 20.6. The molecule has 2 fully saturated rings. The second-order valence-corrected chi connectivity index (χ2v) is 20.1. The van der Waals surface area contributed by atoms with Gasteiger partial charge in [0, 0.05) is 64.2 Å². The molecule has 2 unspecified atom stereocenters. The van der Waals surface area contributed by atoms with Crippen LogP contribution >= 0.6 is 0 Å². The van der Waals surface area contributed by atoms with Gasteiger partial charge in [-0.3, -0.25) is 9.36 Å². The number of aromatic nitrogens is 4. The van der Waals surface area contributed by atoms with Crippen molar-refractivity contribution in [2.45, 2.75) is 118 Å². The molecule has 4 rings (SSSR count). The maximum atomic E-state index is 15.5. The quantitative estimate of drug-likeness (QED) is 0.286. The third kappa shape index (κ3) is 11.5. The summed E-state index contributed by atoms with van der Waals surface area (Å²) in [4.78, 5) is 26.8. The number of piperidine rings is 2. The number of alkyl halides is 8. The number of carbonyl (C=O) groups is 2. The molecule has 0 N–H and O–H groups in total. The van der Waals surface area contributed by atoms with E-state index in [9.17, 15) is 57.2 Å². The number of nitrogens with zero attached hydrogens (tertiary/aromatic N) is 6. The van der Waals surface area contributed by atoms with Gasteiger partial charge in [0.05, 0.1) is 0 Å². The lowest BCUT2D eigenvalue weighted by atomic mass is 9.92. The Morgan fingerprint density at radius 2 is 1.02 bits per heavy atom. The Morgan fingerprint density at radius 1 is 0.667 bits per heavy atom. The van der Waals surface area contributed by atoms with Crippen molar-refractivity contribution in [3.63, 3.8) is 0 Å². The standard InChI is InChI=1S/C17H25F4N3O4S.C16H23F4N3O4S/c1-15(2,3)28-14(25)24-8-6-11(7-9-24)16(4,18)29(26,27)13-10-12(17(19,20)21)22-23(13)5;1-15(2,3)27-14(24)23-7-5-10(6-8-23)13(17)28(25,26)12-9-11(16(18,19)20)21-22(12)4/h10-11H,6-9H2,1-5H3;9-10,13H,5-8H2,1-4H3. The zero-order chi connectivity index (χ0) is 43.9. The lowest BCUT2D eigenvalue weighted by Crippen LogP contribution is -2.48. The molecule has 57 heavy (non-hydrogen) atoms. The molecule has 2 amide bonds. The minimum atomic E-state index is -4.85. The summed E-state index contributed by atoms with van der Waals surface area (Å²) < 4.78 is 169. The van der Waals surface area contributed by atoms with Crippen molar-refractivity contribution < 1.29 is 71.0 Å². The topological polar surface area (TPSA) is 163 Å². The van der Waals surface area contributed by atoms with Crippen molar-refractivity contribution in [3.8, 4) is 0 Å². The van der Waals surface area contributed by atoms with Crippen LogP contribution in [0, 0.1) is 11.8 Å². The summed E-state index contributed by atoms with van der Waals surface area (Å²) in [7, 11) is -7.42. The van der Waals surface area contributed by atoms with Gasteiger partial charge >= 0.3 is 24.5 Å². The highest BCUT2D eigenvalue weighted by Crippen LogP contribution is 2.41. The molecule has 0 spiro atoms. The SMILES string of the molecule is Cn1nc(C(F)(F)F)cc1S(=O)(=O)C(C)(F)C1CCN(C(=O)OC(C)(C)C)CC1.Cn1nc(C(F)(F)F)cc1S(=O)(=O)C(F)C1CCN(C(=O)OC(C)(C)C)CC1. The van der Waals surface area contributed by atoms with Gasteiger partial charge in [0.15, 0.2) is 21.4 Å². The van der Waals surface area contributed by atoms with Crippen molar-refractivity contribution in [2.24, 2.45) is 25.9 Å². The molecule has 0 saturated carbocycles. The third-order valence-electron chi connectivity index (χ3n) is 9.08. The summed E-state index contributed by atoms with van der Waals surface area (Å²) in [5, 5.41) is 1.77. The molecule has 2 aromatic heterocycles. The van der Waals surface area contributed by atoms with Crippen molar-refractivity contribution in [1.29, 1.82) is 0 Å². The predicted molar refractivity (Wildman–Crippen MR) is 186 cm³/mol. The largest absolute Gasteiger partial charge is 0.444 e. The van der Waals surface area contributed by atoms with Gasteiger partial charge in [-0.25, -0.2) is 35.2 Å². The fourth-order valence-corrected chi connectivity index (χ4v) is 9.50. The van der Waals surface area contributed by atoms with Gasteiger partial charge < -0.3 is 19.3 Å². The van der Waals surface area contributed by atoms with Gasteiger partial charge in [-0.1, -0.05) is 0 Å². The lowest BCUT2D eigenvalue weighted by molar-refractivity contribution is -0.142. The van der Waals surface area contributed by atoms with E-state index < -0.39 is 99.2 Å². The second-order valence-electron chi connectivity index (χ2n) is 15.9. The molecule has 0 aromatic carbocycles. The Bertz CT molecular complexity index is 1970. The van der Waals surface area contributed by atoms with Crippen LogP contribution in [0.4, 0.5) is 44.7 Å². The average Bonchev–Trinajstić information content (AvgIpc) is 3.67. The zero-order valence-corrected chi connectivity index (χ0v) is 34.5. The van der Waals surface area contributed by atoms with Crippen molar-refractivity contribution in [1.82, 2.24) is 29.4 Å². The van der Waals surface area contributed by atoms with E-state index in [2.05, 4.69) is 10.2 Å². The zero-order valence-electron chi connectivity index (χ0n) is 32.8. The first-order valence-electron chi connectivity index (χ1n) is 17.6. The van der Waals surface area contributed by atoms with E-state index in [0.717, 1.165) is 21.0 Å².